The molecule has 10 heteroatoms. The standard InChI is InChI=1S/C21H18FN3O5S/c1-13-12-31-21(23-13)25-19(27)11-30-20(28)14-6-2-5-9-17(14)29-10-18(26)24-16-8-4-3-7-15(16)22/h2-9,12H,10-11H2,1H3,(H,24,26)(H,23,25,27). The predicted molar refractivity (Wildman–Crippen MR) is 113 cm³/mol. The maximum Gasteiger partial charge on any atom is 0.342 e. The average Bonchev–Trinajstić information content (AvgIpc) is 3.17. The molecule has 0 unspecified atom stereocenters. The quantitative estimate of drug-likeness (QED) is 0.517. The van der Waals surface area contributed by atoms with Crippen LogP contribution in [0.5, 0.6) is 5.75 Å². The summed E-state index contributed by atoms with van der Waals surface area (Å²) in [5, 5.41) is 7.09. The molecular weight excluding hydrogens is 425 g/mol. The van der Waals surface area contributed by atoms with E-state index >= 15 is 0 Å². The molecule has 1 heterocycles. The van der Waals surface area contributed by atoms with Gasteiger partial charge >= 0.3 is 5.97 Å². The lowest BCUT2D eigenvalue weighted by Crippen LogP contribution is -2.23. The number of rotatable bonds is 8. The number of carbonyl (C=O) groups excluding carboxylic acids is 3. The van der Waals surface area contributed by atoms with Crippen LogP contribution >= 0.6 is 11.3 Å². The largest absolute Gasteiger partial charge is 0.483 e. The molecule has 2 aromatic carbocycles. The van der Waals surface area contributed by atoms with Gasteiger partial charge in [-0.1, -0.05) is 24.3 Å². The van der Waals surface area contributed by atoms with Crippen LogP contribution in [-0.2, 0) is 14.3 Å². The highest BCUT2D eigenvalue weighted by atomic mass is 32.1. The SMILES string of the molecule is Cc1csc(NC(=O)COC(=O)c2ccccc2OCC(=O)Nc2ccccc2F)n1. The zero-order chi connectivity index (χ0) is 22.2. The lowest BCUT2D eigenvalue weighted by molar-refractivity contribution is -0.119. The molecule has 0 aliphatic heterocycles. The second-order valence-electron chi connectivity index (χ2n) is 6.23. The number of para-hydroxylation sites is 2. The summed E-state index contributed by atoms with van der Waals surface area (Å²) in [4.78, 5) is 40.4. The third kappa shape index (κ3) is 6.34. The van der Waals surface area contributed by atoms with E-state index in [1.54, 1.807) is 30.5 Å². The Morgan fingerprint density at radius 1 is 1.00 bits per heavy atom. The maximum absolute atomic E-state index is 13.6. The van der Waals surface area contributed by atoms with Crippen LogP contribution in [0.4, 0.5) is 15.2 Å². The van der Waals surface area contributed by atoms with Gasteiger partial charge in [-0.15, -0.1) is 11.3 Å². The molecule has 3 aromatic rings. The molecule has 0 saturated heterocycles. The number of hydrogen-bond acceptors (Lipinski definition) is 7. The number of amides is 2. The van der Waals surface area contributed by atoms with E-state index in [2.05, 4.69) is 15.6 Å². The Hall–Kier alpha value is -3.79. The number of thiazole rings is 1. The lowest BCUT2D eigenvalue weighted by atomic mass is 10.2. The van der Waals surface area contributed by atoms with Crippen molar-refractivity contribution >= 4 is 39.9 Å². The molecule has 0 aliphatic rings. The number of esters is 1. The van der Waals surface area contributed by atoms with Crippen molar-refractivity contribution in [1.82, 2.24) is 4.98 Å². The summed E-state index contributed by atoms with van der Waals surface area (Å²) in [5.74, 6) is -2.43. The van der Waals surface area contributed by atoms with Crippen molar-refractivity contribution in [1.29, 1.82) is 0 Å². The molecule has 3 rings (SSSR count). The molecule has 0 fully saturated rings. The van der Waals surface area contributed by atoms with Gasteiger partial charge in [0.25, 0.3) is 11.8 Å². The van der Waals surface area contributed by atoms with Gasteiger partial charge < -0.3 is 14.8 Å². The minimum atomic E-state index is -0.796. The number of anilines is 2. The first kappa shape index (κ1) is 21.9. The van der Waals surface area contributed by atoms with Crippen molar-refractivity contribution in [2.75, 3.05) is 23.8 Å². The molecule has 2 amide bonds. The molecule has 1 aromatic heterocycles. The van der Waals surface area contributed by atoms with Gasteiger partial charge in [0.2, 0.25) is 0 Å². The topological polar surface area (TPSA) is 107 Å². The van der Waals surface area contributed by atoms with Gasteiger partial charge in [0.05, 0.1) is 11.4 Å². The van der Waals surface area contributed by atoms with Crippen LogP contribution in [-0.4, -0.2) is 36.0 Å². The van der Waals surface area contributed by atoms with Crippen molar-refractivity contribution in [2.45, 2.75) is 6.92 Å². The Morgan fingerprint density at radius 3 is 2.45 bits per heavy atom. The Balaban J connectivity index is 1.54. The van der Waals surface area contributed by atoms with Crippen molar-refractivity contribution < 1.29 is 28.2 Å². The van der Waals surface area contributed by atoms with E-state index < -0.39 is 36.8 Å². The third-order valence-electron chi connectivity index (χ3n) is 3.81. The van der Waals surface area contributed by atoms with Crippen molar-refractivity contribution in [3.8, 4) is 5.75 Å². The molecule has 160 valence electrons. The van der Waals surface area contributed by atoms with Crippen LogP contribution in [0.1, 0.15) is 16.1 Å². The molecule has 0 saturated carbocycles. The normalized spacial score (nSPS) is 10.3. The van der Waals surface area contributed by atoms with Crippen LogP contribution in [0.3, 0.4) is 0 Å². The van der Waals surface area contributed by atoms with Crippen molar-refractivity contribution in [3.63, 3.8) is 0 Å². The van der Waals surface area contributed by atoms with E-state index in [4.69, 9.17) is 9.47 Å². The van der Waals surface area contributed by atoms with E-state index in [1.165, 1.54) is 41.7 Å². The number of carbonyl (C=O) groups is 3. The van der Waals surface area contributed by atoms with E-state index in [0.29, 0.717) is 5.13 Å². The van der Waals surface area contributed by atoms with Crippen LogP contribution in [0.2, 0.25) is 0 Å². The molecule has 0 aliphatic carbocycles. The third-order valence-corrected chi connectivity index (χ3v) is 4.69. The Labute approximate surface area is 181 Å². The minimum Gasteiger partial charge on any atom is -0.483 e. The highest BCUT2D eigenvalue weighted by molar-refractivity contribution is 7.13. The molecule has 0 spiro atoms. The highest BCUT2D eigenvalue weighted by Crippen LogP contribution is 2.20. The van der Waals surface area contributed by atoms with Gasteiger partial charge in [-0.25, -0.2) is 14.2 Å². The van der Waals surface area contributed by atoms with Gasteiger partial charge in [-0.05, 0) is 31.2 Å². The van der Waals surface area contributed by atoms with Crippen molar-refractivity contribution in [2.24, 2.45) is 0 Å². The number of ether oxygens (including phenoxy) is 2. The van der Waals surface area contributed by atoms with Gasteiger partial charge in [-0.3, -0.25) is 14.9 Å². The smallest absolute Gasteiger partial charge is 0.342 e. The number of hydrogen-bond donors (Lipinski definition) is 2. The minimum absolute atomic E-state index is 0.0187. The number of halogens is 1. The first-order chi connectivity index (χ1) is 14.9. The number of nitrogens with one attached hydrogen (secondary N) is 2. The summed E-state index contributed by atoms with van der Waals surface area (Å²) < 4.78 is 24.0. The highest BCUT2D eigenvalue weighted by Gasteiger charge is 2.17. The van der Waals surface area contributed by atoms with Gasteiger partial charge in [-0.2, -0.15) is 0 Å². The summed E-state index contributed by atoms with van der Waals surface area (Å²) in [6.07, 6.45) is 0. The second kappa shape index (κ2) is 10.3. The van der Waals surface area contributed by atoms with E-state index in [1.807, 2.05) is 0 Å². The number of aryl methyl sites for hydroxylation is 1. The maximum atomic E-state index is 13.6. The number of nitrogens with zero attached hydrogens (tertiary/aromatic N) is 1. The van der Waals surface area contributed by atoms with Gasteiger partial charge in [0.15, 0.2) is 18.3 Å². The Bertz CT molecular complexity index is 1100. The monoisotopic (exact) mass is 443 g/mol. The summed E-state index contributed by atoms with van der Waals surface area (Å²) in [6, 6.07) is 11.8. The Kier molecular flexibility index (Phi) is 7.28. The fourth-order valence-corrected chi connectivity index (χ4v) is 3.13. The fourth-order valence-electron chi connectivity index (χ4n) is 2.43. The number of benzene rings is 2. The molecule has 8 nitrogen and oxygen atoms in total. The summed E-state index contributed by atoms with van der Waals surface area (Å²) >= 11 is 1.26. The summed E-state index contributed by atoms with van der Waals surface area (Å²) in [7, 11) is 0. The van der Waals surface area contributed by atoms with Crippen LogP contribution in [0.25, 0.3) is 0 Å². The molecule has 0 atom stereocenters. The summed E-state index contributed by atoms with van der Waals surface area (Å²) in [6.45, 7) is 0.821. The first-order valence-corrected chi connectivity index (χ1v) is 9.95. The van der Waals surface area contributed by atoms with Crippen molar-refractivity contribution in [3.05, 3.63) is 71.0 Å². The van der Waals surface area contributed by atoms with Crippen LogP contribution in [0, 0.1) is 12.7 Å². The predicted octanol–water partition coefficient (Wildman–Crippen LogP) is 3.40. The number of aromatic nitrogens is 1. The van der Waals surface area contributed by atoms with Gasteiger partial charge in [0.1, 0.15) is 17.1 Å². The average molecular weight is 443 g/mol. The zero-order valence-electron chi connectivity index (χ0n) is 16.4. The first-order valence-electron chi connectivity index (χ1n) is 9.07. The molecule has 2 N–H and O–H groups in total. The summed E-state index contributed by atoms with van der Waals surface area (Å²) in [5.41, 5.74) is 0.826. The zero-order valence-corrected chi connectivity index (χ0v) is 17.2. The second-order valence-corrected chi connectivity index (χ2v) is 7.09. The molecule has 0 bridgehead atoms. The molecular formula is C21H18FN3O5S. The fraction of sp³-hybridized carbons (Fsp3) is 0.143. The Morgan fingerprint density at radius 2 is 1.71 bits per heavy atom. The van der Waals surface area contributed by atoms with E-state index in [-0.39, 0.29) is 17.0 Å². The van der Waals surface area contributed by atoms with Crippen LogP contribution < -0.4 is 15.4 Å². The van der Waals surface area contributed by atoms with E-state index in [9.17, 15) is 18.8 Å². The molecule has 31 heavy (non-hydrogen) atoms. The van der Waals surface area contributed by atoms with Gasteiger partial charge in [0, 0.05) is 5.38 Å². The van der Waals surface area contributed by atoms with Crippen LogP contribution in [0.15, 0.2) is 53.9 Å². The van der Waals surface area contributed by atoms with E-state index in [0.717, 1.165) is 5.69 Å². The molecule has 0 radical (unpaired) electrons. The lowest BCUT2D eigenvalue weighted by Gasteiger charge is -2.11.